The molecule has 3 nitrogen and oxygen atoms in total. The molecule has 0 amide bonds. The van der Waals surface area contributed by atoms with Crippen molar-refractivity contribution < 1.29 is 0 Å². The molecule has 0 saturated carbocycles. The Morgan fingerprint density at radius 3 is 1.50 bits per heavy atom. The van der Waals surface area contributed by atoms with Crippen LogP contribution in [0.3, 0.4) is 0 Å². The Bertz CT molecular complexity index is 1050. The molecule has 1 aliphatic heterocycles. The zero-order valence-electron chi connectivity index (χ0n) is 16.6. The molecule has 4 aromatic carbocycles. The van der Waals surface area contributed by atoms with Crippen molar-refractivity contribution >= 4 is 34.5 Å². The van der Waals surface area contributed by atoms with E-state index in [4.69, 9.17) is 0 Å². The second-order valence-corrected chi connectivity index (χ2v) is 8.41. The van der Waals surface area contributed by atoms with Crippen LogP contribution < -0.4 is 16.0 Å². The van der Waals surface area contributed by atoms with Gasteiger partial charge in [-0.3, -0.25) is 0 Å². The largest absolute Gasteiger partial charge is 0.381 e. The number of rotatable bonds is 6. The van der Waals surface area contributed by atoms with Crippen molar-refractivity contribution in [1.82, 2.24) is 0 Å². The molecule has 5 rings (SSSR count). The third-order valence-electron chi connectivity index (χ3n) is 5.13. The molecule has 0 unspecified atom stereocenters. The van der Waals surface area contributed by atoms with Crippen LogP contribution >= 0.6 is 11.8 Å². The van der Waals surface area contributed by atoms with Gasteiger partial charge in [-0.25, -0.2) is 0 Å². The highest BCUT2D eigenvalue weighted by molar-refractivity contribution is 7.99. The van der Waals surface area contributed by atoms with Crippen molar-refractivity contribution in [2.24, 2.45) is 0 Å². The first-order chi connectivity index (χ1) is 14.8. The minimum absolute atomic E-state index is 0.821. The average molecular weight is 410 g/mol. The summed E-state index contributed by atoms with van der Waals surface area (Å²) in [6.45, 7) is 1.64. The van der Waals surface area contributed by atoms with Crippen molar-refractivity contribution in [3.05, 3.63) is 108 Å². The molecule has 4 aromatic rings. The van der Waals surface area contributed by atoms with Crippen molar-refractivity contribution in [1.29, 1.82) is 0 Å². The van der Waals surface area contributed by atoms with Crippen LogP contribution in [0.4, 0.5) is 22.7 Å². The van der Waals surface area contributed by atoms with Crippen molar-refractivity contribution in [3.63, 3.8) is 0 Å². The number of benzene rings is 4. The average Bonchev–Trinajstić information content (AvgIpc) is 2.81. The summed E-state index contributed by atoms with van der Waals surface area (Å²) in [4.78, 5) is 2.47. The summed E-state index contributed by atoms with van der Waals surface area (Å²) in [6.07, 6.45) is 0. The monoisotopic (exact) mass is 409 g/mol. The number of nitrogens with one attached hydrogen (secondary N) is 3. The molecule has 3 N–H and O–H groups in total. The van der Waals surface area contributed by atoms with Gasteiger partial charge in [-0.15, -0.1) is 0 Å². The topological polar surface area (TPSA) is 36.1 Å². The molecule has 0 fully saturated rings. The van der Waals surface area contributed by atoms with Crippen LogP contribution in [0.5, 0.6) is 0 Å². The number of fused-ring (bicyclic) bond motifs is 2. The summed E-state index contributed by atoms with van der Waals surface area (Å²) in [7, 11) is 0. The van der Waals surface area contributed by atoms with Crippen LogP contribution in [0.15, 0.2) is 107 Å². The molecule has 0 aliphatic carbocycles. The van der Waals surface area contributed by atoms with E-state index >= 15 is 0 Å². The van der Waals surface area contributed by atoms with Gasteiger partial charge < -0.3 is 16.0 Å². The summed E-state index contributed by atoms with van der Waals surface area (Å²) >= 11 is 1.81. The smallest absolute Gasteiger partial charge is 0.0527 e. The predicted octanol–water partition coefficient (Wildman–Crippen LogP) is 7.12. The molecule has 148 valence electrons. The van der Waals surface area contributed by atoms with Gasteiger partial charge >= 0.3 is 0 Å². The van der Waals surface area contributed by atoms with E-state index in [1.54, 1.807) is 0 Å². The van der Waals surface area contributed by atoms with Gasteiger partial charge in [0, 0.05) is 34.3 Å². The van der Waals surface area contributed by atoms with E-state index < -0.39 is 0 Å². The van der Waals surface area contributed by atoms with Crippen LogP contribution in [-0.2, 0) is 13.1 Å². The molecule has 0 aromatic heterocycles. The second kappa shape index (κ2) is 8.56. The van der Waals surface area contributed by atoms with Gasteiger partial charge in [0.05, 0.1) is 11.4 Å². The lowest BCUT2D eigenvalue weighted by atomic mass is 10.2. The lowest BCUT2D eigenvalue weighted by molar-refractivity contribution is 1.14. The fourth-order valence-corrected chi connectivity index (χ4v) is 4.57. The minimum Gasteiger partial charge on any atom is -0.381 e. The Hall–Kier alpha value is -3.37. The van der Waals surface area contributed by atoms with Gasteiger partial charge in [-0.05, 0) is 47.5 Å². The third kappa shape index (κ3) is 4.29. The van der Waals surface area contributed by atoms with Gasteiger partial charge in [0.2, 0.25) is 0 Å². The summed E-state index contributed by atoms with van der Waals surface area (Å²) in [6, 6.07) is 34.0. The maximum absolute atomic E-state index is 3.57. The van der Waals surface area contributed by atoms with E-state index in [0.29, 0.717) is 0 Å². The first kappa shape index (κ1) is 18.6. The van der Waals surface area contributed by atoms with Crippen molar-refractivity contribution in [3.8, 4) is 0 Å². The highest BCUT2D eigenvalue weighted by Crippen LogP contribution is 2.46. The van der Waals surface area contributed by atoms with E-state index in [9.17, 15) is 0 Å². The first-order valence-electron chi connectivity index (χ1n) is 10.1. The van der Waals surface area contributed by atoms with E-state index in [1.165, 1.54) is 20.9 Å². The Morgan fingerprint density at radius 1 is 0.567 bits per heavy atom. The zero-order chi connectivity index (χ0) is 20.2. The normalized spacial score (nSPS) is 11.7. The molecule has 0 radical (unpaired) electrons. The van der Waals surface area contributed by atoms with E-state index in [-0.39, 0.29) is 0 Å². The maximum atomic E-state index is 3.57. The second-order valence-electron chi connectivity index (χ2n) is 7.33. The Balaban J connectivity index is 1.28. The molecule has 0 atom stereocenters. The van der Waals surface area contributed by atoms with Crippen LogP contribution in [0.2, 0.25) is 0 Å². The summed E-state index contributed by atoms with van der Waals surface area (Å²) in [5, 5.41) is 10.6. The Morgan fingerprint density at radius 2 is 1.03 bits per heavy atom. The van der Waals surface area contributed by atoms with E-state index in [0.717, 1.165) is 35.8 Å². The highest BCUT2D eigenvalue weighted by atomic mass is 32.2. The third-order valence-corrected chi connectivity index (χ3v) is 6.25. The lowest BCUT2D eigenvalue weighted by Gasteiger charge is -2.22. The number of hydrogen-bond acceptors (Lipinski definition) is 4. The first-order valence-corrected chi connectivity index (χ1v) is 10.9. The van der Waals surface area contributed by atoms with Gasteiger partial charge in [0.1, 0.15) is 0 Å². The molecule has 0 saturated heterocycles. The zero-order valence-corrected chi connectivity index (χ0v) is 17.4. The summed E-state index contributed by atoms with van der Waals surface area (Å²) in [5.74, 6) is 0. The Kier molecular flexibility index (Phi) is 5.32. The van der Waals surface area contributed by atoms with E-state index in [2.05, 4.69) is 101 Å². The van der Waals surface area contributed by atoms with Gasteiger partial charge in [-0.1, -0.05) is 72.4 Å². The molecule has 30 heavy (non-hydrogen) atoms. The van der Waals surface area contributed by atoms with Gasteiger partial charge in [0.25, 0.3) is 0 Å². The molecule has 0 bridgehead atoms. The highest BCUT2D eigenvalue weighted by Gasteiger charge is 2.16. The standard InChI is InChI=1S/C26H23N3S/c1-3-7-19(8-4-1)17-27-21-11-13-23-25(15-21)30-26-16-22(12-14-24(26)29-23)28-18-20-9-5-2-6-10-20/h1-16,27-29H,17-18H2. The molecule has 1 aliphatic rings. The molecule has 4 heteroatoms. The fraction of sp³-hybridized carbons (Fsp3) is 0.0769. The minimum atomic E-state index is 0.821. The summed E-state index contributed by atoms with van der Waals surface area (Å²) in [5.41, 5.74) is 7.13. The number of hydrogen-bond donors (Lipinski definition) is 3. The SMILES string of the molecule is c1ccc(CNc2ccc3c(c2)Sc2cc(NCc4ccccc4)ccc2N3)cc1. The van der Waals surface area contributed by atoms with Gasteiger partial charge in [-0.2, -0.15) is 0 Å². The van der Waals surface area contributed by atoms with Crippen LogP contribution in [-0.4, -0.2) is 0 Å². The van der Waals surface area contributed by atoms with Crippen LogP contribution in [0, 0.1) is 0 Å². The van der Waals surface area contributed by atoms with Crippen molar-refractivity contribution in [2.45, 2.75) is 22.9 Å². The van der Waals surface area contributed by atoms with E-state index in [1.807, 2.05) is 23.9 Å². The lowest BCUT2D eigenvalue weighted by Crippen LogP contribution is -2.04. The van der Waals surface area contributed by atoms with Crippen LogP contribution in [0.25, 0.3) is 0 Å². The molecule has 1 heterocycles. The molecular formula is C26H23N3S. The summed E-state index contributed by atoms with van der Waals surface area (Å²) < 4.78 is 0. The Labute approximate surface area is 181 Å². The predicted molar refractivity (Wildman–Crippen MR) is 128 cm³/mol. The number of anilines is 4. The van der Waals surface area contributed by atoms with Gasteiger partial charge in [0.15, 0.2) is 0 Å². The maximum Gasteiger partial charge on any atom is 0.0527 e. The van der Waals surface area contributed by atoms with Crippen molar-refractivity contribution in [2.75, 3.05) is 16.0 Å². The molecule has 0 spiro atoms. The molecular weight excluding hydrogens is 386 g/mol. The fourth-order valence-electron chi connectivity index (χ4n) is 3.50. The van der Waals surface area contributed by atoms with Crippen LogP contribution in [0.1, 0.15) is 11.1 Å². The quantitative estimate of drug-likeness (QED) is 0.279.